The van der Waals surface area contributed by atoms with Gasteiger partial charge in [-0.05, 0) is 39.3 Å². The highest BCUT2D eigenvalue weighted by Crippen LogP contribution is 2.37. The van der Waals surface area contributed by atoms with Crippen LogP contribution in [0, 0.1) is 0 Å². The van der Waals surface area contributed by atoms with Crippen LogP contribution in [0.2, 0.25) is 0 Å². The number of amides is 1. The van der Waals surface area contributed by atoms with Gasteiger partial charge >= 0.3 is 12.1 Å². The number of carbonyl (C=O) groups excluding carboxylic acids is 2. The third-order valence-electron chi connectivity index (χ3n) is 3.86. The summed E-state index contributed by atoms with van der Waals surface area (Å²) >= 11 is 0. The Hall–Kier alpha value is -2.44. The van der Waals surface area contributed by atoms with E-state index in [1.165, 1.54) is 12.0 Å². The molecule has 7 nitrogen and oxygen atoms in total. The van der Waals surface area contributed by atoms with Crippen molar-refractivity contribution in [1.82, 2.24) is 4.90 Å². The van der Waals surface area contributed by atoms with Crippen molar-refractivity contribution in [2.24, 2.45) is 0 Å². The van der Waals surface area contributed by atoms with Crippen LogP contribution >= 0.6 is 0 Å². The Labute approximate surface area is 147 Å². The first-order chi connectivity index (χ1) is 11.7. The van der Waals surface area contributed by atoms with E-state index in [2.05, 4.69) is 0 Å². The number of aromatic hydroxyl groups is 1. The Morgan fingerprint density at radius 3 is 2.56 bits per heavy atom. The van der Waals surface area contributed by atoms with Gasteiger partial charge in [-0.15, -0.1) is 0 Å². The van der Waals surface area contributed by atoms with Crippen molar-refractivity contribution >= 4 is 12.1 Å². The Morgan fingerprint density at radius 1 is 1.32 bits per heavy atom. The first-order valence-electron chi connectivity index (χ1n) is 8.22. The smallest absolute Gasteiger partial charge is 0.411 e. The van der Waals surface area contributed by atoms with Crippen molar-refractivity contribution in [1.29, 1.82) is 0 Å². The number of phenols is 1. The Bertz CT molecular complexity index is 664. The van der Waals surface area contributed by atoms with Gasteiger partial charge in [-0.3, -0.25) is 4.90 Å². The van der Waals surface area contributed by atoms with Gasteiger partial charge in [0.05, 0.1) is 20.3 Å². The van der Waals surface area contributed by atoms with Crippen molar-refractivity contribution in [3.63, 3.8) is 0 Å². The summed E-state index contributed by atoms with van der Waals surface area (Å²) < 4.78 is 15.6. The molecule has 0 saturated carbocycles. The Morgan fingerprint density at radius 2 is 2.00 bits per heavy atom. The number of carbonyl (C=O) groups is 2. The SMILES string of the molecule is CCOC(=O)[C@@H]1Cc2c(ccc(OC)c2O)CN1C(=O)OC(C)(C)C. The summed E-state index contributed by atoms with van der Waals surface area (Å²) in [5, 5.41) is 10.4. The number of benzene rings is 1. The molecule has 1 aliphatic heterocycles. The van der Waals surface area contributed by atoms with Crippen LogP contribution in [0.3, 0.4) is 0 Å². The van der Waals surface area contributed by atoms with Crippen LogP contribution in [0.25, 0.3) is 0 Å². The molecule has 1 N–H and O–H groups in total. The minimum Gasteiger partial charge on any atom is -0.504 e. The number of esters is 1. The predicted octanol–water partition coefficient (Wildman–Crippen LogP) is 2.63. The quantitative estimate of drug-likeness (QED) is 0.843. The second-order valence-electron chi connectivity index (χ2n) is 6.83. The highest BCUT2D eigenvalue weighted by atomic mass is 16.6. The summed E-state index contributed by atoms with van der Waals surface area (Å²) in [5.74, 6) is -0.216. The molecular formula is C18H25NO6. The van der Waals surface area contributed by atoms with Crippen molar-refractivity contribution in [3.8, 4) is 11.5 Å². The number of phenolic OH excluding ortho intramolecular Hbond substituents is 1. The van der Waals surface area contributed by atoms with Crippen LogP contribution in [0.1, 0.15) is 38.8 Å². The van der Waals surface area contributed by atoms with E-state index in [-0.39, 0.29) is 25.3 Å². The van der Waals surface area contributed by atoms with Gasteiger partial charge in [0.1, 0.15) is 11.6 Å². The van der Waals surface area contributed by atoms with Crippen LogP contribution in [0.5, 0.6) is 11.5 Å². The molecule has 0 unspecified atom stereocenters. The normalized spacial score (nSPS) is 16.8. The number of ether oxygens (including phenoxy) is 3. The molecular weight excluding hydrogens is 326 g/mol. The summed E-state index contributed by atoms with van der Waals surface area (Å²) in [6, 6.07) is 2.54. The van der Waals surface area contributed by atoms with Gasteiger partial charge in [0.25, 0.3) is 0 Å². The second kappa shape index (κ2) is 7.21. The van der Waals surface area contributed by atoms with Gasteiger partial charge in [0, 0.05) is 12.0 Å². The summed E-state index contributed by atoms with van der Waals surface area (Å²) in [6.45, 7) is 7.34. The van der Waals surface area contributed by atoms with E-state index in [0.717, 1.165) is 5.56 Å². The minimum absolute atomic E-state index is 0.0156. The average molecular weight is 351 g/mol. The molecule has 2 rings (SSSR count). The topological polar surface area (TPSA) is 85.3 Å². The number of hydrogen-bond acceptors (Lipinski definition) is 6. The zero-order valence-electron chi connectivity index (χ0n) is 15.3. The van der Waals surface area contributed by atoms with Crippen LogP contribution in [-0.2, 0) is 27.2 Å². The van der Waals surface area contributed by atoms with Gasteiger partial charge in [-0.25, -0.2) is 9.59 Å². The lowest BCUT2D eigenvalue weighted by atomic mass is 9.93. The minimum atomic E-state index is -0.861. The zero-order valence-corrected chi connectivity index (χ0v) is 15.3. The highest BCUT2D eigenvalue weighted by Gasteiger charge is 2.39. The molecule has 0 bridgehead atoms. The Balaban J connectivity index is 2.39. The lowest BCUT2D eigenvalue weighted by molar-refractivity contribution is -0.150. The number of nitrogens with zero attached hydrogens (tertiary/aromatic N) is 1. The predicted molar refractivity (Wildman–Crippen MR) is 90.6 cm³/mol. The van der Waals surface area contributed by atoms with Crippen molar-refractivity contribution in [3.05, 3.63) is 23.3 Å². The van der Waals surface area contributed by atoms with Crippen molar-refractivity contribution < 1.29 is 28.9 Å². The van der Waals surface area contributed by atoms with Gasteiger partial charge in [0.2, 0.25) is 0 Å². The van der Waals surface area contributed by atoms with Crippen LogP contribution in [-0.4, -0.2) is 47.4 Å². The molecule has 0 spiro atoms. The fraction of sp³-hybridized carbons (Fsp3) is 0.556. The summed E-state index contributed by atoms with van der Waals surface area (Å²) in [4.78, 5) is 26.3. The van der Waals surface area contributed by atoms with E-state index in [1.54, 1.807) is 39.8 Å². The zero-order chi connectivity index (χ0) is 18.8. The molecule has 138 valence electrons. The monoisotopic (exact) mass is 351 g/mol. The summed E-state index contributed by atoms with van der Waals surface area (Å²) in [6.07, 6.45) is -0.456. The third kappa shape index (κ3) is 4.15. The van der Waals surface area contributed by atoms with Gasteiger partial charge in [-0.2, -0.15) is 0 Å². The molecule has 0 fully saturated rings. The molecule has 0 radical (unpaired) electrons. The molecule has 7 heteroatoms. The van der Waals surface area contributed by atoms with E-state index in [4.69, 9.17) is 14.2 Å². The maximum atomic E-state index is 12.6. The number of rotatable bonds is 3. The summed E-state index contributed by atoms with van der Waals surface area (Å²) in [5.41, 5.74) is 0.639. The van der Waals surface area contributed by atoms with Gasteiger partial charge in [-0.1, -0.05) is 6.07 Å². The molecule has 0 aromatic heterocycles. The maximum Gasteiger partial charge on any atom is 0.411 e. The molecule has 1 atom stereocenters. The fourth-order valence-electron chi connectivity index (χ4n) is 2.76. The maximum absolute atomic E-state index is 12.6. The van der Waals surface area contributed by atoms with Crippen LogP contribution in [0.15, 0.2) is 12.1 Å². The van der Waals surface area contributed by atoms with E-state index in [9.17, 15) is 14.7 Å². The van der Waals surface area contributed by atoms with Gasteiger partial charge in [0.15, 0.2) is 11.5 Å². The molecule has 1 heterocycles. The number of methoxy groups -OCH3 is 1. The lowest BCUT2D eigenvalue weighted by Crippen LogP contribution is -2.50. The van der Waals surface area contributed by atoms with E-state index >= 15 is 0 Å². The van der Waals surface area contributed by atoms with E-state index < -0.39 is 23.7 Å². The average Bonchev–Trinajstić information content (AvgIpc) is 2.53. The number of fused-ring (bicyclic) bond motifs is 1. The molecule has 0 saturated heterocycles. The number of hydrogen-bond donors (Lipinski definition) is 1. The molecule has 0 aliphatic carbocycles. The highest BCUT2D eigenvalue weighted by molar-refractivity contribution is 5.83. The van der Waals surface area contributed by atoms with Crippen LogP contribution in [0.4, 0.5) is 4.79 Å². The molecule has 1 aliphatic rings. The first kappa shape index (κ1) is 18.9. The lowest BCUT2D eigenvalue weighted by Gasteiger charge is -2.36. The fourth-order valence-corrected chi connectivity index (χ4v) is 2.76. The molecule has 1 aromatic carbocycles. The van der Waals surface area contributed by atoms with Gasteiger partial charge < -0.3 is 19.3 Å². The van der Waals surface area contributed by atoms with Crippen molar-refractivity contribution in [2.45, 2.75) is 52.3 Å². The largest absolute Gasteiger partial charge is 0.504 e. The van der Waals surface area contributed by atoms with Crippen molar-refractivity contribution in [2.75, 3.05) is 13.7 Å². The second-order valence-corrected chi connectivity index (χ2v) is 6.83. The third-order valence-corrected chi connectivity index (χ3v) is 3.86. The molecule has 1 amide bonds. The van der Waals surface area contributed by atoms with E-state index in [1.807, 2.05) is 0 Å². The van der Waals surface area contributed by atoms with E-state index in [0.29, 0.717) is 11.3 Å². The van der Waals surface area contributed by atoms with Crippen LogP contribution < -0.4 is 4.74 Å². The molecule has 1 aromatic rings. The Kier molecular flexibility index (Phi) is 5.45. The first-order valence-corrected chi connectivity index (χ1v) is 8.22. The standard InChI is InChI=1S/C18H25NO6/c1-6-24-16(21)13-9-12-11(7-8-14(23-5)15(12)20)10-19(13)17(22)25-18(2,3)4/h7-8,13,20H,6,9-10H2,1-5H3/t13-/m0/s1. The molecule has 25 heavy (non-hydrogen) atoms. The summed E-state index contributed by atoms with van der Waals surface area (Å²) in [7, 11) is 1.46.